The van der Waals surface area contributed by atoms with Gasteiger partial charge in [0.2, 0.25) is 5.91 Å². The average Bonchev–Trinajstić information content (AvgIpc) is 2.36. The van der Waals surface area contributed by atoms with Gasteiger partial charge in [-0.25, -0.2) is 0 Å². The SMILES string of the molecule is CC(=O)NCCC(O)C(O)c1ccc(C(F)(F)F)cc1C. The molecule has 1 aromatic rings. The second-order valence-corrected chi connectivity index (χ2v) is 4.85. The molecule has 0 bridgehead atoms. The first-order valence-corrected chi connectivity index (χ1v) is 6.41. The van der Waals surface area contributed by atoms with E-state index in [4.69, 9.17) is 0 Å². The van der Waals surface area contributed by atoms with E-state index in [9.17, 15) is 28.2 Å². The van der Waals surface area contributed by atoms with E-state index in [0.717, 1.165) is 18.2 Å². The van der Waals surface area contributed by atoms with Gasteiger partial charge in [-0.3, -0.25) is 4.79 Å². The van der Waals surface area contributed by atoms with E-state index in [1.54, 1.807) is 0 Å². The molecule has 1 amide bonds. The van der Waals surface area contributed by atoms with Crippen LogP contribution in [0, 0.1) is 6.92 Å². The van der Waals surface area contributed by atoms with Gasteiger partial charge < -0.3 is 15.5 Å². The Morgan fingerprint density at radius 2 is 1.95 bits per heavy atom. The van der Waals surface area contributed by atoms with E-state index in [1.165, 1.54) is 13.8 Å². The number of aliphatic hydroxyl groups excluding tert-OH is 2. The van der Waals surface area contributed by atoms with Crippen LogP contribution in [0.2, 0.25) is 0 Å². The van der Waals surface area contributed by atoms with Gasteiger partial charge in [0, 0.05) is 13.5 Å². The van der Waals surface area contributed by atoms with Crippen LogP contribution in [-0.2, 0) is 11.0 Å². The number of benzene rings is 1. The first kappa shape index (κ1) is 17.5. The molecular weight excluding hydrogens is 287 g/mol. The maximum atomic E-state index is 12.5. The Hall–Kier alpha value is -1.60. The highest BCUT2D eigenvalue weighted by Crippen LogP contribution is 2.32. The van der Waals surface area contributed by atoms with E-state index >= 15 is 0 Å². The van der Waals surface area contributed by atoms with Crippen molar-refractivity contribution < 1.29 is 28.2 Å². The van der Waals surface area contributed by atoms with Crippen molar-refractivity contribution in [2.75, 3.05) is 6.54 Å². The van der Waals surface area contributed by atoms with Crippen molar-refractivity contribution in [1.29, 1.82) is 0 Å². The number of aliphatic hydroxyl groups is 2. The van der Waals surface area contributed by atoms with E-state index in [2.05, 4.69) is 5.32 Å². The summed E-state index contributed by atoms with van der Waals surface area (Å²) >= 11 is 0. The molecule has 0 spiro atoms. The molecule has 0 saturated carbocycles. The van der Waals surface area contributed by atoms with Gasteiger partial charge in [0.05, 0.1) is 11.7 Å². The zero-order chi connectivity index (χ0) is 16.2. The molecule has 118 valence electrons. The molecule has 7 heteroatoms. The molecule has 0 saturated heterocycles. The van der Waals surface area contributed by atoms with Gasteiger partial charge >= 0.3 is 6.18 Å². The van der Waals surface area contributed by atoms with Crippen LogP contribution in [0.3, 0.4) is 0 Å². The third-order valence-corrected chi connectivity index (χ3v) is 3.09. The fraction of sp³-hybridized carbons (Fsp3) is 0.500. The van der Waals surface area contributed by atoms with Crippen molar-refractivity contribution >= 4 is 5.91 Å². The van der Waals surface area contributed by atoms with Crippen LogP contribution in [0.4, 0.5) is 13.2 Å². The fourth-order valence-electron chi connectivity index (χ4n) is 1.95. The second kappa shape index (κ2) is 6.91. The topological polar surface area (TPSA) is 69.6 Å². The summed E-state index contributed by atoms with van der Waals surface area (Å²) < 4.78 is 37.6. The summed E-state index contributed by atoms with van der Waals surface area (Å²) in [4.78, 5) is 10.7. The van der Waals surface area contributed by atoms with Gasteiger partial charge in [0.1, 0.15) is 6.10 Å². The summed E-state index contributed by atoms with van der Waals surface area (Å²) in [7, 11) is 0. The monoisotopic (exact) mass is 305 g/mol. The number of rotatable bonds is 5. The zero-order valence-electron chi connectivity index (χ0n) is 11.7. The number of amides is 1. The summed E-state index contributed by atoms with van der Waals surface area (Å²) in [6.45, 7) is 2.93. The standard InChI is InChI=1S/C14H18F3NO3/c1-8-7-10(14(15,16)17)3-4-11(8)13(21)12(20)5-6-18-9(2)19/h3-4,7,12-13,20-21H,5-6H2,1-2H3,(H,18,19). The Bertz CT molecular complexity index is 503. The maximum absolute atomic E-state index is 12.5. The van der Waals surface area contributed by atoms with Gasteiger partial charge in [-0.2, -0.15) is 13.2 Å². The first-order valence-electron chi connectivity index (χ1n) is 6.41. The van der Waals surface area contributed by atoms with Crippen molar-refractivity contribution in [3.05, 3.63) is 34.9 Å². The lowest BCUT2D eigenvalue weighted by Gasteiger charge is -2.21. The van der Waals surface area contributed by atoms with Crippen molar-refractivity contribution in [2.24, 2.45) is 0 Å². The lowest BCUT2D eigenvalue weighted by atomic mass is 9.96. The normalized spacial score (nSPS) is 14.6. The second-order valence-electron chi connectivity index (χ2n) is 4.85. The predicted molar refractivity (Wildman–Crippen MR) is 70.4 cm³/mol. The van der Waals surface area contributed by atoms with E-state index < -0.39 is 23.9 Å². The molecule has 2 atom stereocenters. The van der Waals surface area contributed by atoms with Crippen LogP contribution in [0.15, 0.2) is 18.2 Å². The Labute approximate surface area is 120 Å². The molecule has 0 aromatic heterocycles. The van der Waals surface area contributed by atoms with Crippen LogP contribution < -0.4 is 5.32 Å². The molecule has 2 unspecified atom stereocenters. The highest BCUT2D eigenvalue weighted by atomic mass is 19.4. The van der Waals surface area contributed by atoms with E-state index in [-0.39, 0.29) is 30.0 Å². The van der Waals surface area contributed by atoms with Crippen molar-refractivity contribution in [3.8, 4) is 0 Å². The minimum atomic E-state index is -4.45. The molecule has 1 aromatic carbocycles. The molecule has 0 heterocycles. The average molecular weight is 305 g/mol. The van der Waals surface area contributed by atoms with Crippen molar-refractivity contribution in [2.45, 2.75) is 38.7 Å². The van der Waals surface area contributed by atoms with Gasteiger partial charge in [0.15, 0.2) is 0 Å². The van der Waals surface area contributed by atoms with Crippen molar-refractivity contribution in [1.82, 2.24) is 5.32 Å². The third kappa shape index (κ3) is 5.02. The number of carbonyl (C=O) groups excluding carboxylic acids is 1. The molecular formula is C14H18F3NO3. The first-order chi connectivity index (χ1) is 9.62. The number of alkyl halides is 3. The lowest BCUT2D eigenvalue weighted by molar-refractivity contribution is -0.137. The van der Waals surface area contributed by atoms with Gasteiger partial charge in [0.25, 0.3) is 0 Å². The highest BCUT2D eigenvalue weighted by Gasteiger charge is 2.31. The minimum Gasteiger partial charge on any atom is -0.390 e. The van der Waals surface area contributed by atoms with Crippen LogP contribution in [0.1, 0.15) is 36.1 Å². The van der Waals surface area contributed by atoms with Gasteiger partial charge in [-0.15, -0.1) is 0 Å². The number of halogens is 3. The summed E-state index contributed by atoms with van der Waals surface area (Å²) in [6, 6.07) is 2.95. The Balaban J connectivity index is 2.78. The number of hydrogen-bond acceptors (Lipinski definition) is 3. The summed E-state index contributed by atoms with van der Waals surface area (Å²) in [6.07, 6.45) is -6.83. The molecule has 0 aliphatic rings. The molecule has 1 rings (SSSR count). The molecule has 0 fully saturated rings. The largest absolute Gasteiger partial charge is 0.416 e. The van der Waals surface area contributed by atoms with Gasteiger partial charge in [-0.05, 0) is 36.6 Å². The number of carbonyl (C=O) groups is 1. The highest BCUT2D eigenvalue weighted by molar-refractivity contribution is 5.72. The van der Waals surface area contributed by atoms with Gasteiger partial charge in [-0.1, -0.05) is 6.07 Å². The minimum absolute atomic E-state index is 0.0984. The molecule has 21 heavy (non-hydrogen) atoms. The maximum Gasteiger partial charge on any atom is 0.416 e. The predicted octanol–water partition coefficient (Wildman–Crippen LogP) is 1.93. The zero-order valence-corrected chi connectivity index (χ0v) is 11.7. The Morgan fingerprint density at radius 1 is 1.33 bits per heavy atom. The van der Waals surface area contributed by atoms with Crippen LogP contribution in [-0.4, -0.2) is 28.8 Å². The Morgan fingerprint density at radius 3 is 2.43 bits per heavy atom. The smallest absolute Gasteiger partial charge is 0.390 e. The molecule has 0 radical (unpaired) electrons. The van der Waals surface area contributed by atoms with Crippen LogP contribution in [0.25, 0.3) is 0 Å². The summed E-state index contributed by atoms with van der Waals surface area (Å²) in [5, 5.41) is 22.3. The Kier molecular flexibility index (Phi) is 5.74. The molecule has 0 aliphatic heterocycles. The summed E-state index contributed by atoms with van der Waals surface area (Å²) in [5.74, 6) is -0.262. The third-order valence-electron chi connectivity index (χ3n) is 3.09. The quantitative estimate of drug-likeness (QED) is 0.778. The number of aryl methyl sites for hydroxylation is 1. The van der Waals surface area contributed by atoms with Crippen LogP contribution in [0.5, 0.6) is 0 Å². The molecule has 3 N–H and O–H groups in total. The van der Waals surface area contributed by atoms with Crippen LogP contribution >= 0.6 is 0 Å². The van der Waals surface area contributed by atoms with Crippen molar-refractivity contribution in [3.63, 3.8) is 0 Å². The summed E-state index contributed by atoms with van der Waals surface area (Å²) in [5.41, 5.74) is -0.321. The van der Waals surface area contributed by atoms with E-state index in [0.29, 0.717) is 0 Å². The fourth-order valence-corrected chi connectivity index (χ4v) is 1.95. The molecule has 4 nitrogen and oxygen atoms in total. The lowest BCUT2D eigenvalue weighted by Crippen LogP contribution is -2.28. The molecule has 0 aliphatic carbocycles. The van der Waals surface area contributed by atoms with E-state index in [1.807, 2.05) is 0 Å². The number of hydrogen-bond donors (Lipinski definition) is 3. The number of nitrogens with one attached hydrogen (secondary N) is 1.